The number of fused-ring (bicyclic) bond motifs is 5. The highest BCUT2D eigenvalue weighted by molar-refractivity contribution is 6.09. The number of imidazole rings is 1. The molecule has 5 amide bonds. The molecule has 2 aromatic carbocycles. The minimum Gasteiger partial charge on any atom is -0.490 e. The minimum absolute atomic E-state index is 0.0120. The quantitative estimate of drug-likeness (QED) is 0.142. The molecule has 1 unspecified atom stereocenters. The Kier molecular flexibility index (Phi) is 12.3. The van der Waals surface area contributed by atoms with Crippen molar-refractivity contribution in [2.45, 2.75) is 177 Å². The van der Waals surface area contributed by atoms with E-state index >= 15 is 4.79 Å². The average molecular weight is 1020 g/mol. The van der Waals surface area contributed by atoms with Crippen molar-refractivity contribution in [3.8, 4) is 17.0 Å². The van der Waals surface area contributed by atoms with Gasteiger partial charge in [-0.2, -0.15) is 0 Å². The van der Waals surface area contributed by atoms with Gasteiger partial charge in [-0.3, -0.25) is 34.2 Å². The number of rotatable bonds is 11. The van der Waals surface area contributed by atoms with E-state index in [4.69, 9.17) is 19.4 Å². The summed E-state index contributed by atoms with van der Waals surface area (Å²) in [6.07, 6.45) is 14.8. The fourth-order valence-electron chi connectivity index (χ4n) is 14.6. The Labute approximate surface area is 439 Å². The topological polar surface area (TPSA) is 172 Å². The summed E-state index contributed by atoms with van der Waals surface area (Å²) in [7, 11) is 0. The number of likely N-dealkylation sites (tertiary alicyclic amines) is 2. The summed E-state index contributed by atoms with van der Waals surface area (Å²) in [4.78, 5) is 87.0. The highest BCUT2D eigenvalue weighted by Gasteiger charge is 2.58. The first-order chi connectivity index (χ1) is 36.3. The molecule has 396 valence electrons. The normalized spacial score (nSPS) is 29.4. The van der Waals surface area contributed by atoms with Crippen molar-refractivity contribution in [2.75, 3.05) is 49.6 Å². The predicted octanol–water partition coefficient (Wildman–Crippen LogP) is 7.64. The minimum atomic E-state index is -0.705. The van der Waals surface area contributed by atoms with Crippen LogP contribution in [0.5, 0.6) is 5.75 Å². The fourth-order valence-corrected chi connectivity index (χ4v) is 14.6. The number of hydrogen-bond acceptors (Lipinski definition) is 11. The van der Waals surface area contributed by atoms with E-state index in [1.54, 1.807) is 0 Å². The first-order valence-electron chi connectivity index (χ1n) is 28.5. The maximum absolute atomic E-state index is 15.4. The SMILES string of the molecule is CC(C)n1cnc2cc(-c3ccc4c(c3)N(C3CC(N5C6CC[C@H]5COC6)C3)C(=O)C43CCN(C(=O)C4(C)CCN(C(=O)C5CCC(Oc6ccc([C@H]7CCC(=O)NC7=O)cc6)CC5)CC4)CC3)nc(NC3CC3)c21. The lowest BCUT2D eigenvalue weighted by Crippen LogP contribution is -2.62. The highest BCUT2D eigenvalue weighted by Crippen LogP contribution is 2.53. The Bertz CT molecular complexity index is 2890. The molecule has 3 saturated carbocycles. The number of ether oxygens (including phenoxy) is 2. The molecule has 75 heavy (non-hydrogen) atoms. The van der Waals surface area contributed by atoms with Crippen molar-refractivity contribution < 1.29 is 33.4 Å². The zero-order valence-corrected chi connectivity index (χ0v) is 43.9. The number of amides is 5. The number of nitrogens with zero attached hydrogens (tertiary/aromatic N) is 7. The second-order valence-electron chi connectivity index (χ2n) is 24.4. The maximum Gasteiger partial charge on any atom is 0.238 e. The van der Waals surface area contributed by atoms with E-state index in [9.17, 15) is 19.2 Å². The predicted molar refractivity (Wildman–Crippen MR) is 283 cm³/mol. The van der Waals surface area contributed by atoms with Gasteiger partial charge in [-0.05, 0) is 146 Å². The molecular formula is C59H73N9O7. The smallest absolute Gasteiger partial charge is 0.238 e. The first kappa shape index (κ1) is 48.8. The largest absolute Gasteiger partial charge is 0.490 e. The molecule has 6 aliphatic heterocycles. The molecule has 8 heterocycles. The molecule has 16 nitrogen and oxygen atoms in total. The summed E-state index contributed by atoms with van der Waals surface area (Å²) >= 11 is 0. The number of anilines is 2. The van der Waals surface area contributed by atoms with Gasteiger partial charge in [0.15, 0.2) is 5.82 Å². The monoisotopic (exact) mass is 1020 g/mol. The summed E-state index contributed by atoms with van der Waals surface area (Å²) < 4.78 is 14.5. The van der Waals surface area contributed by atoms with Crippen LogP contribution in [-0.4, -0.2) is 134 Å². The molecule has 13 rings (SSSR count). The summed E-state index contributed by atoms with van der Waals surface area (Å²) in [6, 6.07) is 18.5. The number of carbonyl (C=O) groups excluding carboxylic acids is 5. The Morgan fingerprint density at radius 2 is 1.51 bits per heavy atom. The maximum atomic E-state index is 15.4. The summed E-state index contributed by atoms with van der Waals surface area (Å²) in [5, 5.41) is 6.15. The zero-order chi connectivity index (χ0) is 51.3. The Morgan fingerprint density at radius 1 is 0.800 bits per heavy atom. The first-order valence-corrected chi connectivity index (χ1v) is 28.5. The van der Waals surface area contributed by atoms with Crippen LogP contribution < -0.4 is 20.3 Å². The second-order valence-corrected chi connectivity index (χ2v) is 24.4. The van der Waals surface area contributed by atoms with Crippen LogP contribution in [0.2, 0.25) is 0 Å². The molecular weight excluding hydrogens is 947 g/mol. The van der Waals surface area contributed by atoms with Crippen molar-refractivity contribution in [2.24, 2.45) is 11.3 Å². The van der Waals surface area contributed by atoms with Crippen molar-refractivity contribution >= 4 is 52.1 Å². The standard InChI is InChI=1S/C59H73N9O7/c1-35(2)66-34-60-49-31-48(62-53(52(49)66)61-39-9-10-39)38-8-18-47-50(28-38)68(43-29-42(30-43)67-40-11-12-41(67)33-74-32-40)57(73)59(47)22-26-65(27-23-59)56(72)58(3)20-24-64(25-21-58)55(71)37-6-15-45(16-7-37)75-44-13-4-36(5-14-44)46-17-19-51(69)63-54(46)70/h4-5,8,13-14,18,28,31,34-35,37,39-43,45-46H,6-7,9-12,15-17,19-27,29-30,32-33H2,1-3H3,(H,61,62)(H,63,69,70)/t37?,40-,41?,42?,43?,45?,46+/m0/s1. The van der Waals surface area contributed by atoms with E-state index in [2.05, 4.69) is 70.0 Å². The van der Waals surface area contributed by atoms with Crippen molar-refractivity contribution in [1.82, 2.24) is 34.6 Å². The number of aromatic nitrogens is 3. The number of piperidine rings is 3. The number of pyridine rings is 1. The number of imide groups is 1. The lowest BCUT2D eigenvalue weighted by atomic mass is 9.72. The molecule has 2 aromatic heterocycles. The average Bonchev–Trinajstić information content (AvgIpc) is 4.01. The molecule has 8 fully saturated rings. The molecule has 2 bridgehead atoms. The van der Waals surface area contributed by atoms with Crippen LogP contribution in [0.3, 0.4) is 0 Å². The Hall–Kier alpha value is -5.87. The van der Waals surface area contributed by atoms with Gasteiger partial charge in [0.25, 0.3) is 0 Å². The van der Waals surface area contributed by atoms with Crippen molar-refractivity contribution in [3.05, 3.63) is 66.0 Å². The number of morpholine rings is 1. The van der Waals surface area contributed by atoms with Crippen LogP contribution in [0.1, 0.15) is 147 Å². The van der Waals surface area contributed by atoms with E-state index in [1.807, 2.05) is 40.4 Å². The van der Waals surface area contributed by atoms with Gasteiger partial charge in [0, 0.05) is 91.4 Å². The third-order valence-electron chi connectivity index (χ3n) is 19.3. The number of benzene rings is 2. The summed E-state index contributed by atoms with van der Waals surface area (Å²) in [5.74, 6) is 1.27. The summed E-state index contributed by atoms with van der Waals surface area (Å²) in [5.41, 5.74) is 5.44. The van der Waals surface area contributed by atoms with Gasteiger partial charge in [0.1, 0.15) is 11.3 Å². The van der Waals surface area contributed by atoms with E-state index in [-0.39, 0.29) is 59.6 Å². The summed E-state index contributed by atoms with van der Waals surface area (Å²) in [6.45, 7) is 10.2. The van der Waals surface area contributed by atoms with Gasteiger partial charge in [0.05, 0.1) is 48.2 Å². The second kappa shape index (κ2) is 19.0. The van der Waals surface area contributed by atoms with E-state index in [0.29, 0.717) is 88.9 Å². The van der Waals surface area contributed by atoms with Gasteiger partial charge in [-0.1, -0.05) is 31.2 Å². The van der Waals surface area contributed by atoms with Crippen LogP contribution in [-0.2, 0) is 34.1 Å². The van der Waals surface area contributed by atoms with Crippen molar-refractivity contribution in [3.63, 3.8) is 0 Å². The van der Waals surface area contributed by atoms with Gasteiger partial charge in [-0.15, -0.1) is 0 Å². The lowest BCUT2D eigenvalue weighted by Gasteiger charge is -2.50. The molecule has 2 N–H and O–H groups in total. The van der Waals surface area contributed by atoms with E-state index in [1.165, 1.54) is 12.8 Å². The van der Waals surface area contributed by atoms with Crippen LogP contribution in [0.15, 0.2) is 54.9 Å². The molecule has 16 heteroatoms. The van der Waals surface area contributed by atoms with Crippen LogP contribution in [0, 0.1) is 11.3 Å². The number of hydrogen-bond donors (Lipinski definition) is 2. The molecule has 1 spiro atoms. The molecule has 4 aromatic rings. The molecule has 0 radical (unpaired) electrons. The third-order valence-corrected chi connectivity index (χ3v) is 19.3. The number of carbonyl (C=O) groups is 5. The lowest BCUT2D eigenvalue weighted by molar-refractivity contribution is -0.150. The van der Waals surface area contributed by atoms with E-state index in [0.717, 1.165) is 115 Å². The fraction of sp³-hybridized carbons (Fsp3) is 0.610. The zero-order valence-electron chi connectivity index (χ0n) is 43.9. The van der Waals surface area contributed by atoms with Gasteiger partial charge >= 0.3 is 0 Å². The number of nitrogens with one attached hydrogen (secondary N) is 2. The Morgan fingerprint density at radius 3 is 2.19 bits per heavy atom. The van der Waals surface area contributed by atoms with Crippen molar-refractivity contribution in [1.29, 1.82) is 0 Å². The van der Waals surface area contributed by atoms with Gasteiger partial charge in [0.2, 0.25) is 29.5 Å². The van der Waals surface area contributed by atoms with Gasteiger partial charge in [-0.25, -0.2) is 9.97 Å². The van der Waals surface area contributed by atoms with Crippen LogP contribution in [0.4, 0.5) is 11.5 Å². The van der Waals surface area contributed by atoms with Crippen LogP contribution >= 0.6 is 0 Å². The Balaban J connectivity index is 0.663. The van der Waals surface area contributed by atoms with Crippen LogP contribution in [0.25, 0.3) is 22.3 Å². The van der Waals surface area contributed by atoms with Gasteiger partial charge < -0.3 is 34.1 Å². The molecule has 3 aliphatic carbocycles. The molecule has 3 atom stereocenters. The van der Waals surface area contributed by atoms with E-state index < -0.39 is 10.8 Å². The molecule has 9 aliphatic rings. The third kappa shape index (κ3) is 8.69. The molecule has 5 saturated heterocycles. The highest BCUT2D eigenvalue weighted by atomic mass is 16.5.